The second kappa shape index (κ2) is 3.92. The maximum Gasteiger partial charge on any atom is 0.437 e. The number of hydrogen-bond donors (Lipinski definition) is 2. The Bertz CT molecular complexity index is 548. The molecule has 17 heavy (non-hydrogen) atoms. The molecule has 0 bridgehead atoms. The third-order valence-corrected chi connectivity index (χ3v) is 2.38. The van der Waals surface area contributed by atoms with Gasteiger partial charge >= 0.3 is 6.18 Å². The van der Waals surface area contributed by atoms with Gasteiger partial charge in [-0.15, -0.1) is 0 Å². The van der Waals surface area contributed by atoms with E-state index in [0.717, 1.165) is 6.07 Å². The number of fused-ring (bicyclic) bond motifs is 1. The summed E-state index contributed by atoms with van der Waals surface area (Å²) in [6.07, 6.45) is -4.36. The van der Waals surface area contributed by atoms with Gasteiger partial charge in [0.15, 0.2) is 11.3 Å². The van der Waals surface area contributed by atoms with Gasteiger partial charge in [0.2, 0.25) is 0 Å². The molecule has 0 radical (unpaired) electrons. The summed E-state index contributed by atoms with van der Waals surface area (Å²) in [7, 11) is 0. The molecule has 0 saturated heterocycles. The van der Waals surface area contributed by atoms with E-state index >= 15 is 0 Å². The van der Waals surface area contributed by atoms with E-state index in [4.69, 9.17) is 5.73 Å². The first-order valence-corrected chi connectivity index (χ1v) is 4.82. The van der Waals surface area contributed by atoms with Gasteiger partial charge in [0.1, 0.15) is 5.75 Å². The first-order chi connectivity index (χ1) is 7.95. The van der Waals surface area contributed by atoms with E-state index in [9.17, 15) is 18.3 Å². The topological polar surface area (TPSA) is 72.3 Å². The molecule has 0 aliphatic heterocycles. The van der Waals surface area contributed by atoms with Crippen molar-refractivity contribution in [2.24, 2.45) is 5.73 Å². The van der Waals surface area contributed by atoms with Crippen molar-refractivity contribution in [2.75, 3.05) is 6.54 Å². The molecule has 0 aliphatic carbocycles. The average molecular weight is 246 g/mol. The van der Waals surface area contributed by atoms with Gasteiger partial charge in [-0.2, -0.15) is 13.2 Å². The average Bonchev–Trinajstić information content (AvgIpc) is 2.65. The highest BCUT2D eigenvalue weighted by Crippen LogP contribution is 2.37. The summed E-state index contributed by atoms with van der Waals surface area (Å²) in [5.74, 6) is -0.146. The van der Waals surface area contributed by atoms with Crippen LogP contribution in [0.3, 0.4) is 0 Å². The minimum absolute atomic E-state index is 0.0669. The normalized spacial score (nSPS) is 12.2. The largest absolute Gasteiger partial charge is 0.508 e. The predicted molar refractivity (Wildman–Crippen MR) is 53.4 cm³/mol. The zero-order chi connectivity index (χ0) is 12.6. The van der Waals surface area contributed by atoms with E-state index in [1.807, 2.05) is 0 Å². The van der Waals surface area contributed by atoms with Crippen LogP contribution >= 0.6 is 0 Å². The zero-order valence-corrected chi connectivity index (χ0v) is 8.58. The molecule has 2 rings (SSSR count). The molecule has 0 aliphatic rings. The molecule has 2 aromatic rings. The summed E-state index contributed by atoms with van der Waals surface area (Å²) in [6, 6.07) is 2.31. The van der Waals surface area contributed by atoms with Crippen LogP contribution in [0.5, 0.6) is 5.75 Å². The molecule has 0 atom stereocenters. The number of nitrogens with two attached hydrogens (primary N) is 1. The van der Waals surface area contributed by atoms with Crippen molar-refractivity contribution >= 4 is 11.0 Å². The van der Waals surface area contributed by atoms with Crippen LogP contribution in [0.15, 0.2) is 16.7 Å². The fourth-order valence-corrected chi connectivity index (χ4v) is 1.64. The van der Waals surface area contributed by atoms with Crippen molar-refractivity contribution in [1.29, 1.82) is 0 Å². The van der Waals surface area contributed by atoms with Crippen molar-refractivity contribution in [3.05, 3.63) is 23.4 Å². The molecular formula is C10H9F3N2O2. The van der Waals surface area contributed by atoms with Crippen molar-refractivity contribution < 1.29 is 22.8 Å². The fourth-order valence-electron chi connectivity index (χ4n) is 1.64. The molecule has 1 aromatic carbocycles. The number of phenolic OH excluding ortho intramolecular Hbond substituents is 1. The van der Waals surface area contributed by atoms with E-state index in [-0.39, 0.29) is 35.2 Å². The van der Waals surface area contributed by atoms with Gasteiger partial charge in [0.05, 0.1) is 5.39 Å². The van der Waals surface area contributed by atoms with E-state index in [1.165, 1.54) is 6.07 Å². The predicted octanol–water partition coefficient (Wildman–Crippen LogP) is 2.05. The first-order valence-electron chi connectivity index (χ1n) is 4.82. The van der Waals surface area contributed by atoms with Gasteiger partial charge in [-0.1, -0.05) is 5.16 Å². The summed E-state index contributed by atoms with van der Waals surface area (Å²) in [5.41, 5.74) is 4.40. The van der Waals surface area contributed by atoms with Crippen LogP contribution in [-0.2, 0) is 12.6 Å². The highest BCUT2D eigenvalue weighted by Gasteiger charge is 2.37. The lowest BCUT2D eigenvalue weighted by Gasteiger charge is -2.04. The van der Waals surface area contributed by atoms with E-state index in [0.29, 0.717) is 0 Å². The lowest BCUT2D eigenvalue weighted by molar-refractivity contribution is -0.141. The number of aromatic hydroxyl groups is 1. The number of nitrogens with zero attached hydrogens (tertiary/aromatic N) is 1. The third kappa shape index (κ3) is 1.93. The van der Waals surface area contributed by atoms with Crippen LogP contribution in [0, 0.1) is 0 Å². The van der Waals surface area contributed by atoms with E-state index in [2.05, 4.69) is 9.68 Å². The van der Waals surface area contributed by atoms with Crippen LogP contribution in [0.1, 0.15) is 11.3 Å². The minimum Gasteiger partial charge on any atom is -0.508 e. The number of halogens is 3. The molecule has 7 heteroatoms. The van der Waals surface area contributed by atoms with Crippen LogP contribution in [-0.4, -0.2) is 16.8 Å². The lowest BCUT2D eigenvalue weighted by atomic mass is 10.1. The van der Waals surface area contributed by atoms with Gasteiger partial charge in [0.25, 0.3) is 0 Å². The Morgan fingerprint density at radius 3 is 2.65 bits per heavy atom. The van der Waals surface area contributed by atoms with Gasteiger partial charge in [-0.25, -0.2) is 0 Å². The Morgan fingerprint density at radius 2 is 2.06 bits per heavy atom. The summed E-state index contributed by atoms with van der Waals surface area (Å²) < 4.78 is 42.3. The first kappa shape index (κ1) is 11.7. The number of phenols is 1. The monoisotopic (exact) mass is 246 g/mol. The SMILES string of the molecule is NCCc1c(O)ccc2c(C(F)(F)F)noc12. The molecule has 0 spiro atoms. The molecule has 4 nitrogen and oxygen atoms in total. The van der Waals surface area contributed by atoms with E-state index in [1.54, 1.807) is 0 Å². The quantitative estimate of drug-likeness (QED) is 0.850. The zero-order valence-electron chi connectivity index (χ0n) is 8.58. The van der Waals surface area contributed by atoms with Crippen LogP contribution in [0.25, 0.3) is 11.0 Å². The number of aromatic nitrogens is 1. The molecule has 1 aromatic heterocycles. The number of hydrogen-bond acceptors (Lipinski definition) is 4. The van der Waals surface area contributed by atoms with Crippen molar-refractivity contribution in [1.82, 2.24) is 5.16 Å². The maximum atomic E-state index is 12.6. The number of alkyl halides is 3. The van der Waals surface area contributed by atoms with Gasteiger partial charge in [0, 0.05) is 5.56 Å². The Labute approximate surface area is 93.8 Å². The minimum atomic E-state index is -4.58. The molecule has 0 saturated carbocycles. The van der Waals surface area contributed by atoms with Gasteiger partial charge in [-0.3, -0.25) is 0 Å². The lowest BCUT2D eigenvalue weighted by Crippen LogP contribution is -2.06. The second-order valence-corrected chi connectivity index (χ2v) is 3.51. The number of rotatable bonds is 2. The van der Waals surface area contributed by atoms with Gasteiger partial charge in [-0.05, 0) is 25.1 Å². The Morgan fingerprint density at radius 1 is 1.35 bits per heavy atom. The summed E-state index contributed by atoms with van der Waals surface area (Å²) in [6.45, 7) is 0.189. The summed E-state index contributed by atoms with van der Waals surface area (Å²) >= 11 is 0. The number of benzene rings is 1. The smallest absolute Gasteiger partial charge is 0.437 e. The molecule has 92 valence electrons. The Hall–Kier alpha value is -1.76. The highest BCUT2D eigenvalue weighted by molar-refractivity contribution is 5.85. The Kier molecular flexibility index (Phi) is 2.70. The maximum absolute atomic E-state index is 12.6. The fraction of sp³-hybridized carbons (Fsp3) is 0.300. The standard InChI is InChI=1S/C10H9F3N2O2/c11-10(12,13)9-6-1-2-7(16)5(3-4-14)8(6)17-15-9/h1-2,16H,3-4,14H2. The van der Waals surface area contributed by atoms with Crippen LogP contribution in [0.2, 0.25) is 0 Å². The second-order valence-electron chi connectivity index (χ2n) is 3.51. The summed E-state index contributed by atoms with van der Waals surface area (Å²) in [4.78, 5) is 0. The third-order valence-electron chi connectivity index (χ3n) is 2.38. The molecule has 0 unspecified atom stereocenters. The van der Waals surface area contributed by atoms with Crippen molar-refractivity contribution in [2.45, 2.75) is 12.6 Å². The van der Waals surface area contributed by atoms with Crippen molar-refractivity contribution in [3.63, 3.8) is 0 Å². The van der Waals surface area contributed by atoms with Crippen LogP contribution < -0.4 is 5.73 Å². The molecule has 1 heterocycles. The molecule has 3 N–H and O–H groups in total. The molecular weight excluding hydrogens is 237 g/mol. The van der Waals surface area contributed by atoms with Crippen molar-refractivity contribution in [3.8, 4) is 5.75 Å². The summed E-state index contributed by atoms with van der Waals surface area (Å²) in [5, 5.41) is 12.4. The van der Waals surface area contributed by atoms with Crippen LogP contribution in [0.4, 0.5) is 13.2 Å². The Balaban J connectivity index is 2.68. The van der Waals surface area contributed by atoms with E-state index < -0.39 is 11.9 Å². The van der Waals surface area contributed by atoms with Gasteiger partial charge < -0.3 is 15.4 Å². The molecule has 0 fully saturated rings. The highest BCUT2D eigenvalue weighted by atomic mass is 19.4. The molecule has 0 amide bonds.